The summed E-state index contributed by atoms with van der Waals surface area (Å²) in [4.78, 5) is 7.97. The molecule has 2 aromatic rings. The Labute approximate surface area is 102 Å². The quantitative estimate of drug-likeness (QED) is 0.849. The minimum absolute atomic E-state index is 0.770. The van der Waals surface area contributed by atoms with Crippen LogP contribution in [0.3, 0.4) is 0 Å². The lowest BCUT2D eigenvalue weighted by molar-refractivity contribution is 0.770. The van der Waals surface area contributed by atoms with Crippen LogP contribution in [0.4, 0.5) is 0 Å². The van der Waals surface area contributed by atoms with Crippen LogP contribution in [0.15, 0.2) is 18.2 Å². The summed E-state index contributed by atoms with van der Waals surface area (Å²) in [6.07, 6.45) is 0. The molecule has 0 radical (unpaired) electrons. The Balaban J connectivity index is 2.48. The van der Waals surface area contributed by atoms with E-state index in [-0.39, 0.29) is 0 Å². The van der Waals surface area contributed by atoms with E-state index in [0.717, 1.165) is 23.8 Å². The second kappa shape index (κ2) is 4.72. The fourth-order valence-corrected chi connectivity index (χ4v) is 2.03. The van der Waals surface area contributed by atoms with Crippen molar-refractivity contribution in [3.63, 3.8) is 0 Å². The number of aryl methyl sites for hydroxylation is 3. The number of hydrogen-bond acceptors (Lipinski definition) is 2. The normalized spacial score (nSPS) is 10.8. The van der Waals surface area contributed by atoms with Gasteiger partial charge in [0.1, 0.15) is 5.82 Å². The van der Waals surface area contributed by atoms with Gasteiger partial charge >= 0.3 is 0 Å². The molecule has 0 spiro atoms. The monoisotopic (exact) mass is 229 g/mol. The zero-order valence-electron chi connectivity index (χ0n) is 10.9. The van der Waals surface area contributed by atoms with E-state index in [1.807, 2.05) is 7.05 Å². The van der Waals surface area contributed by atoms with E-state index in [1.54, 1.807) is 0 Å². The summed E-state index contributed by atoms with van der Waals surface area (Å²) < 4.78 is 0. The molecule has 1 aromatic heterocycles. The molecule has 0 saturated carbocycles. The molecule has 0 atom stereocenters. The number of hydrogen-bond donors (Lipinski definition) is 2. The van der Waals surface area contributed by atoms with Crippen molar-refractivity contribution >= 4 is 0 Å². The van der Waals surface area contributed by atoms with E-state index in [4.69, 9.17) is 0 Å². The highest BCUT2D eigenvalue weighted by Crippen LogP contribution is 2.25. The van der Waals surface area contributed by atoms with Crippen LogP contribution >= 0.6 is 0 Å². The van der Waals surface area contributed by atoms with Crippen molar-refractivity contribution < 1.29 is 0 Å². The van der Waals surface area contributed by atoms with E-state index in [9.17, 15) is 0 Å². The van der Waals surface area contributed by atoms with Gasteiger partial charge in [-0.05, 0) is 39.4 Å². The van der Waals surface area contributed by atoms with Gasteiger partial charge in [-0.2, -0.15) is 0 Å². The van der Waals surface area contributed by atoms with Crippen LogP contribution in [0.1, 0.15) is 22.6 Å². The zero-order chi connectivity index (χ0) is 12.4. The number of nitrogens with zero attached hydrogens (tertiary/aromatic N) is 1. The standard InChI is InChI=1S/C14H19N3/c1-9-5-6-10(2)12(7-9)14-11(3)16-13(17-14)8-15-4/h5-7,15H,8H2,1-4H3,(H,16,17). The van der Waals surface area contributed by atoms with Gasteiger partial charge in [-0.15, -0.1) is 0 Å². The van der Waals surface area contributed by atoms with Crippen LogP contribution in [0.5, 0.6) is 0 Å². The van der Waals surface area contributed by atoms with Gasteiger partial charge in [0.25, 0.3) is 0 Å². The van der Waals surface area contributed by atoms with Gasteiger partial charge in [0.15, 0.2) is 0 Å². The summed E-state index contributed by atoms with van der Waals surface area (Å²) in [5, 5.41) is 3.11. The van der Waals surface area contributed by atoms with E-state index < -0.39 is 0 Å². The van der Waals surface area contributed by atoms with Gasteiger partial charge in [0.05, 0.1) is 12.2 Å². The maximum Gasteiger partial charge on any atom is 0.121 e. The predicted octanol–water partition coefficient (Wildman–Crippen LogP) is 2.72. The number of aromatic amines is 1. The molecule has 1 aromatic carbocycles. The first-order valence-corrected chi connectivity index (χ1v) is 5.89. The first-order valence-electron chi connectivity index (χ1n) is 5.89. The third-order valence-electron chi connectivity index (χ3n) is 2.93. The van der Waals surface area contributed by atoms with Crippen molar-refractivity contribution in [1.82, 2.24) is 15.3 Å². The van der Waals surface area contributed by atoms with Crippen molar-refractivity contribution in [2.24, 2.45) is 0 Å². The van der Waals surface area contributed by atoms with Crippen molar-refractivity contribution in [3.05, 3.63) is 40.8 Å². The van der Waals surface area contributed by atoms with Gasteiger partial charge in [-0.1, -0.05) is 17.7 Å². The van der Waals surface area contributed by atoms with E-state index >= 15 is 0 Å². The van der Waals surface area contributed by atoms with Crippen molar-refractivity contribution in [3.8, 4) is 11.3 Å². The Hall–Kier alpha value is -1.61. The average Bonchev–Trinajstić information content (AvgIpc) is 2.64. The van der Waals surface area contributed by atoms with Gasteiger partial charge in [0.2, 0.25) is 0 Å². The van der Waals surface area contributed by atoms with Gasteiger partial charge in [-0.25, -0.2) is 4.98 Å². The zero-order valence-corrected chi connectivity index (χ0v) is 10.9. The molecule has 0 fully saturated rings. The van der Waals surface area contributed by atoms with Gasteiger partial charge in [0, 0.05) is 11.3 Å². The van der Waals surface area contributed by atoms with Gasteiger partial charge in [-0.3, -0.25) is 0 Å². The highest BCUT2D eigenvalue weighted by molar-refractivity contribution is 5.66. The Kier molecular flexibility index (Phi) is 3.29. The maximum atomic E-state index is 4.65. The smallest absolute Gasteiger partial charge is 0.121 e. The summed E-state index contributed by atoms with van der Waals surface area (Å²) in [7, 11) is 1.93. The molecule has 0 amide bonds. The van der Waals surface area contributed by atoms with Crippen molar-refractivity contribution in [2.75, 3.05) is 7.05 Å². The molecule has 2 rings (SSSR count). The molecule has 90 valence electrons. The highest BCUT2D eigenvalue weighted by atomic mass is 15.0. The number of H-pyrrole nitrogens is 1. The van der Waals surface area contributed by atoms with Crippen LogP contribution in [-0.2, 0) is 6.54 Å². The number of aromatic nitrogens is 2. The number of imidazole rings is 1. The Bertz CT molecular complexity index is 526. The van der Waals surface area contributed by atoms with Crippen LogP contribution in [-0.4, -0.2) is 17.0 Å². The molecular formula is C14H19N3. The van der Waals surface area contributed by atoms with E-state index in [1.165, 1.54) is 16.7 Å². The first kappa shape index (κ1) is 11.9. The lowest BCUT2D eigenvalue weighted by Gasteiger charge is -2.05. The topological polar surface area (TPSA) is 40.7 Å². The molecule has 17 heavy (non-hydrogen) atoms. The number of nitrogens with one attached hydrogen (secondary N) is 2. The molecule has 0 bridgehead atoms. The summed E-state index contributed by atoms with van der Waals surface area (Å²) in [5.74, 6) is 0.987. The summed E-state index contributed by atoms with van der Waals surface area (Å²) >= 11 is 0. The maximum absolute atomic E-state index is 4.65. The van der Waals surface area contributed by atoms with Crippen LogP contribution in [0.25, 0.3) is 11.3 Å². The first-order chi connectivity index (χ1) is 8.11. The molecule has 1 heterocycles. The molecule has 3 nitrogen and oxygen atoms in total. The average molecular weight is 229 g/mol. The van der Waals surface area contributed by atoms with Gasteiger partial charge < -0.3 is 10.3 Å². The van der Waals surface area contributed by atoms with Crippen molar-refractivity contribution in [1.29, 1.82) is 0 Å². The van der Waals surface area contributed by atoms with E-state index in [0.29, 0.717) is 0 Å². The predicted molar refractivity (Wildman–Crippen MR) is 71.0 cm³/mol. The third-order valence-corrected chi connectivity index (χ3v) is 2.93. The van der Waals surface area contributed by atoms with Crippen LogP contribution in [0, 0.1) is 20.8 Å². The lowest BCUT2D eigenvalue weighted by atomic mass is 10.0. The molecule has 0 saturated heterocycles. The van der Waals surface area contributed by atoms with Crippen LogP contribution < -0.4 is 5.32 Å². The number of rotatable bonds is 3. The van der Waals surface area contributed by atoms with Crippen LogP contribution in [0.2, 0.25) is 0 Å². The SMILES string of the molecule is CNCc1nc(-c2cc(C)ccc2C)c(C)[nH]1. The third kappa shape index (κ3) is 2.39. The Morgan fingerprint density at radius 3 is 2.71 bits per heavy atom. The fraction of sp³-hybridized carbons (Fsp3) is 0.357. The molecule has 0 aliphatic rings. The molecule has 0 aliphatic carbocycles. The Morgan fingerprint density at radius 1 is 1.24 bits per heavy atom. The fourth-order valence-electron chi connectivity index (χ4n) is 2.03. The molecular weight excluding hydrogens is 210 g/mol. The molecule has 0 unspecified atom stereocenters. The summed E-state index contributed by atoms with van der Waals surface area (Å²) in [6.45, 7) is 7.08. The minimum Gasteiger partial charge on any atom is -0.344 e. The second-order valence-electron chi connectivity index (χ2n) is 4.51. The van der Waals surface area contributed by atoms with Crippen molar-refractivity contribution in [2.45, 2.75) is 27.3 Å². The Morgan fingerprint density at radius 2 is 2.00 bits per heavy atom. The highest BCUT2D eigenvalue weighted by Gasteiger charge is 2.10. The summed E-state index contributed by atoms with van der Waals surface area (Å²) in [5.41, 5.74) is 5.95. The minimum atomic E-state index is 0.770. The largest absolute Gasteiger partial charge is 0.344 e. The number of benzene rings is 1. The summed E-state index contributed by atoms with van der Waals surface area (Å²) in [6, 6.07) is 6.48. The lowest BCUT2D eigenvalue weighted by Crippen LogP contribution is -2.06. The second-order valence-corrected chi connectivity index (χ2v) is 4.51. The molecule has 2 N–H and O–H groups in total. The molecule has 3 heteroatoms. The molecule has 0 aliphatic heterocycles. The van der Waals surface area contributed by atoms with E-state index in [2.05, 4.69) is 54.3 Å².